The maximum atomic E-state index is 10.9. The molecule has 0 spiro atoms. The highest BCUT2D eigenvalue weighted by Crippen LogP contribution is 1.97. The van der Waals surface area contributed by atoms with Gasteiger partial charge in [0.2, 0.25) is 0 Å². The van der Waals surface area contributed by atoms with Gasteiger partial charge in [-0.05, 0) is 20.8 Å². The van der Waals surface area contributed by atoms with E-state index in [1.807, 2.05) is 19.5 Å². The van der Waals surface area contributed by atoms with Gasteiger partial charge in [-0.1, -0.05) is 5.70 Å². The highest BCUT2D eigenvalue weighted by atomic mass is 28.1. The van der Waals surface area contributed by atoms with Crippen molar-refractivity contribution in [1.82, 2.24) is 0 Å². The topological polar surface area (TPSA) is 26.3 Å². The van der Waals surface area contributed by atoms with Crippen LogP contribution in [-0.2, 0) is 9.53 Å². The summed E-state index contributed by atoms with van der Waals surface area (Å²) >= 11 is 0. The minimum atomic E-state index is -0.190. The first-order chi connectivity index (χ1) is 4.57. The zero-order valence-electron chi connectivity index (χ0n) is 6.97. The Hall–Kier alpha value is -0.573. The molecule has 10 heavy (non-hydrogen) atoms. The Morgan fingerprint density at radius 3 is 2.40 bits per heavy atom. The molecule has 0 aromatic rings. The zero-order chi connectivity index (χ0) is 8.15. The summed E-state index contributed by atoms with van der Waals surface area (Å²) < 4.78 is 4.92. The maximum absolute atomic E-state index is 10.9. The van der Waals surface area contributed by atoms with Gasteiger partial charge in [0.25, 0.3) is 0 Å². The van der Waals surface area contributed by atoms with Crippen molar-refractivity contribution in [2.75, 3.05) is 0 Å². The number of hydrogen-bond acceptors (Lipinski definition) is 2. The average molecular weight is 158 g/mol. The van der Waals surface area contributed by atoms with Crippen LogP contribution < -0.4 is 0 Å². The number of hydrogen-bond donors (Lipinski definition) is 0. The van der Waals surface area contributed by atoms with Crippen LogP contribution in [0.15, 0.2) is 11.3 Å². The number of ether oxygens (including phenoxy) is 1. The quantitative estimate of drug-likeness (QED) is 0.326. The smallest absolute Gasteiger partial charge is 0.333 e. The van der Waals surface area contributed by atoms with E-state index in [2.05, 4.69) is 0 Å². The predicted octanol–water partition coefficient (Wildman–Crippen LogP) is 0.207. The van der Waals surface area contributed by atoms with Gasteiger partial charge < -0.3 is 4.74 Å². The van der Waals surface area contributed by atoms with Gasteiger partial charge in [-0.2, -0.15) is 0 Å². The lowest BCUT2D eigenvalue weighted by molar-refractivity contribution is -0.142. The normalized spacial score (nSPS) is 12.2. The van der Waals surface area contributed by atoms with Crippen molar-refractivity contribution in [3.8, 4) is 0 Å². The van der Waals surface area contributed by atoms with E-state index in [0.717, 1.165) is 15.8 Å². The van der Waals surface area contributed by atoms with Gasteiger partial charge in [0.1, 0.15) is 0 Å². The molecule has 58 valence electrons. The summed E-state index contributed by atoms with van der Waals surface area (Å²) in [6, 6.07) is 0. The molecule has 2 nitrogen and oxygen atoms in total. The van der Waals surface area contributed by atoms with E-state index in [9.17, 15) is 4.79 Å². The van der Waals surface area contributed by atoms with E-state index in [1.165, 1.54) is 0 Å². The fourth-order valence-corrected chi connectivity index (χ4v) is 0.661. The van der Waals surface area contributed by atoms with Crippen LogP contribution in [0.2, 0.25) is 0 Å². The molecule has 0 aliphatic carbocycles. The van der Waals surface area contributed by atoms with Crippen molar-refractivity contribution in [3.05, 3.63) is 11.3 Å². The van der Waals surface area contributed by atoms with Crippen molar-refractivity contribution in [2.24, 2.45) is 0 Å². The molecule has 0 N–H and O–H groups in total. The molecule has 0 aromatic heterocycles. The van der Waals surface area contributed by atoms with Crippen LogP contribution in [0, 0.1) is 0 Å². The van der Waals surface area contributed by atoms with Gasteiger partial charge in [0, 0.05) is 15.8 Å². The molecule has 0 amide bonds. The third-order valence-electron chi connectivity index (χ3n) is 1.10. The van der Waals surface area contributed by atoms with Gasteiger partial charge in [0.15, 0.2) is 0 Å². The molecule has 0 unspecified atom stereocenters. The largest absolute Gasteiger partial charge is 0.460 e. The Morgan fingerprint density at radius 2 is 2.10 bits per heavy atom. The van der Waals surface area contributed by atoms with E-state index in [0.29, 0.717) is 0 Å². The first-order valence-electron chi connectivity index (χ1n) is 3.41. The molecule has 0 bridgehead atoms. The average Bonchev–Trinajstić information content (AvgIpc) is 1.85. The van der Waals surface area contributed by atoms with E-state index >= 15 is 0 Å². The summed E-state index contributed by atoms with van der Waals surface area (Å²) in [7, 11) is 0.908. The number of carbonyl (C=O) groups excluding carboxylic acids is 1. The van der Waals surface area contributed by atoms with Gasteiger partial charge in [-0.25, -0.2) is 4.79 Å². The molecule has 0 saturated carbocycles. The fraction of sp³-hybridized carbons (Fsp3) is 0.571. The molecular weight excluding hydrogens is 144 g/mol. The Balaban J connectivity index is 3.86. The van der Waals surface area contributed by atoms with Crippen molar-refractivity contribution < 1.29 is 9.53 Å². The standard InChI is InChI=1S/C7H14O2Si/c1-5(2)9-7(8)6(3)4-10/h4-5H,1-3,10H3. The van der Waals surface area contributed by atoms with Crippen molar-refractivity contribution in [2.45, 2.75) is 26.9 Å². The van der Waals surface area contributed by atoms with Crippen LogP contribution in [0.25, 0.3) is 0 Å². The maximum Gasteiger partial charge on any atom is 0.333 e. The third kappa shape index (κ3) is 3.45. The van der Waals surface area contributed by atoms with Crippen molar-refractivity contribution >= 4 is 16.2 Å². The second-order valence-corrected chi connectivity index (χ2v) is 3.00. The summed E-state index contributed by atoms with van der Waals surface area (Å²) in [4.78, 5) is 10.9. The fourth-order valence-electron chi connectivity index (χ4n) is 0.425. The van der Waals surface area contributed by atoms with Crippen LogP contribution in [0.4, 0.5) is 0 Å². The molecule has 0 aliphatic rings. The molecule has 0 aliphatic heterocycles. The molecule has 0 aromatic carbocycles. The lowest BCUT2D eigenvalue weighted by Gasteiger charge is -2.06. The summed E-state index contributed by atoms with van der Waals surface area (Å²) in [6.07, 6.45) is -0.0101. The van der Waals surface area contributed by atoms with Crippen LogP contribution in [0.5, 0.6) is 0 Å². The molecule has 0 fully saturated rings. The minimum Gasteiger partial charge on any atom is -0.460 e. The molecule has 0 saturated heterocycles. The monoisotopic (exact) mass is 158 g/mol. The molecule has 0 atom stereocenters. The second-order valence-electron chi connectivity index (χ2n) is 2.43. The summed E-state index contributed by atoms with van der Waals surface area (Å²) in [5.41, 5.74) is 2.60. The lowest BCUT2D eigenvalue weighted by atomic mass is 10.3. The summed E-state index contributed by atoms with van der Waals surface area (Å²) in [5, 5.41) is 0. The van der Waals surface area contributed by atoms with Gasteiger partial charge >= 0.3 is 5.97 Å². The second kappa shape index (κ2) is 4.28. The molecule has 0 rings (SSSR count). The lowest BCUT2D eigenvalue weighted by Crippen LogP contribution is -2.12. The zero-order valence-corrected chi connectivity index (χ0v) is 8.97. The first kappa shape index (κ1) is 9.43. The van der Waals surface area contributed by atoms with Crippen LogP contribution >= 0.6 is 0 Å². The van der Waals surface area contributed by atoms with Crippen LogP contribution in [-0.4, -0.2) is 22.3 Å². The molecular formula is C7H14O2Si. The highest BCUT2D eigenvalue weighted by Gasteiger charge is 2.05. The van der Waals surface area contributed by atoms with Crippen molar-refractivity contribution in [1.29, 1.82) is 0 Å². The first-order valence-corrected chi connectivity index (χ1v) is 4.57. The van der Waals surface area contributed by atoms with Crippen LogP contribution in [0.1, 0.15) is 20.8 Å². The van der Waals surface area contributed by atoms with Crippen LogP contribution in [0.3, 0.4) is 0 Å². The Morgan fingerprint density at radius 1 is 1.60 bits per heavy atom. The third-order valence-corrected chi connectivity index (χ3v) is 1.96. The predicted molar refractivity (Wildman–Crippen MR) is 44.9 cm³/mol. The van der Waals surface area contributed by atoms with E-state index < -0.39 is 0 Å². The Kier molecular flexibility index (Phi) is 4.03. The Bertz CT molecular complexity index is 150. The minimum absolute atomic E-state index is 0.0101. The summed E-state index contributed by atoms with van der Waals surface area (Å²) in [5.74, 6) is -0.190. The molecule has 0 heterocycles. The highest BCUT2D eigenvalue weighted by molar-refractivity contribution is 6.19. The number of esters is 1. The van der Waals surface area contributed by atoms with Gasteiger partial charge in [-0.3, -0.25) is 0 Å². The number of rotatable bonds is 2. The van der Waals surface area contributed by atoms with Crippen molar-refractivity contribution in [3.63, 3.8) is 0 Å². The summed E-state index contributed by atoms with van der Waals surface area (Å²) in [6.45, 7) is 5.47. The molecule has 0 radical (unpaired) electrons. The van der Waals surface area contributed by atoms with Gasteiger partial charge in [-0.15, -0.1) is 0 Å². The number of carbonyl (C=O) groups is 1. The van der Waals surface area contributed by atoms with E-state index in [4.69, 9.17) is 4.74 Å². The van der Waals surface area contributed by atoms with E-state index in [-0.39, 0.29) is 12.1 Å². The SMILES string of the molecule is CC(=C[SiH3])C(=O)OC(C)C. The molecule has 3 heteroatoms. The Labute approximate surface area is 64.7 Å². The van der Waals surface area contributed by atoms with E-state index in [1.54, 1.807) is 6.92 Å². The van der Waals surface area contributed by atoms with Gasteiger partial charge in [0.05, 0.1) is 6.10 Å².